The molecular weight excluding hydrogens is 354 g/mol. The number of hydrogen-bond donors (Lipinski definition) is 1. The van der Waals surface area contributed by atoms with Gasteiger partial charge in [-0.25, -0.2) is 13.2 Å². The van der Waals surface area contributed by atoms with Crippen LogP contribution in [0.1, 0.15) is 27.0 Å². The Labute approximate surface area is 152 Å². The van der Waals surface area contributed by atoms with E-state index in [1.807, 2.05) is 24.3 Å². The van der Waals surface area contributed by atoms with Crippen LogP contribution < -0.4 is 0 Å². The van der Waals surface area contributed by atoms with E-state index in [9.17, 15) is 23.1 Å². The Hall–Kier alpha value is -2.67. The van der Waals surface area contributed by atoms with Crippen LogP contribution in [0.5, 0.6) is 0 Å². The molecule has 136 valence electrons. The number of aliphatic carboxylic acids is 1. The fourth-order valence-corrected chi connectivity index (χ4v) is 3.97. The third-order valence-corrected chi connectivity index (χ3v) is 5.28. The zero-order valence-corrected chi connectivity index (χ0v) is 15.1. The number of sulfone groups is 1. The first kappa shape index (κ1) is 18.1. The topological polar surface area (TPSA) is 91.8 Å². The number of carboxylic acids is 1. The minimum atomic E-state index is -3.16. The molecule has 0 saturated carbocycles. The van der Waals surface area contributed by atoms with Crippen molar-refractivity contribution in [2.24, 2.45) is 0 Å². The highest BCUT2D eigenvalue weighted by Gasteiger charge is 2.34. The fraction of sp³-hybridized carbons (Fsp3) is 0.263. The van der Waals surface area contributed by atoms with Crippen LogP contribution in [0.4, 0.5) is 0 Å². The van der Waals surface area contributed by atoms with Crippen LogP contribution in [0, 0.1) is 0 Å². The first-order chi connectivity index (χ1) is 12.2. The van der Waals surface area contributed by atoms with Crippen molar-refractivity contribution >= 4 is 21.7 Å². The van der Waals surface area contributed by atoms with E-state index in [-0.39, 0.29) is 24.6 Å². The highest BCUT2D eigenvalue weighted by Crippen LogP contribution is 2.25. The van der Waals surface area contributed by atoms with E-state index >= 15 is 0 Å². The van der Waals surface area contributed by atoms with Gasteiger partial charge in [-0.1, -0.05) is 36.4 Å². The Kier molecular flexibility index (Phi) is 4.82. The molecule has 2 aromatic rings. The van der Waals surface area contributed by atoms with Crippen molar-refractivity contribution in [1.29, 1.82) is 0 Å². The van der Waals surface area contributed by atoms with E-state index in [0.717, 1.165) is 17.4 Å². The molecule has 0 aromatic heterocycles. The number of fused-ring (bicyclic) bond motifs is 1. The summed E-state index contributed by atoms with van der Waals surface area (Å²) in [6.45, 7) is 0.233. The molecule has 0 bridgehead atoms. The average molecular weight is 373 g/mol. The number of nitrogens with zero attached hydrogens (tertiary/aromatic N) is 1. The van der Waals surface area contributed by atoms with Crippen LogP contribution in [-0.2, 0) is 33.4 Å². The first-order valence-electron chi connectivity index (χ1n) is 8.12. The molecule has 3 rings (SSSR count). The largest absolute Gasteiger partial charge is 0.480 e. The molecule has 1 aliphatic rings. The second-order valence-electron chi connectivity index (χ2n) is 6.53. The van der Waals surface area contributed by atoms with Gasteiger partial charge in [0.15, 0.2) is 9.84 Å². The maximum Gasteiger partial charge on any atom is 0.326 e. The van der Waals surface area contributed by atoms with Gasteiger partial charge in [-0.3, -0.25) is 4.79 Å². The monoisotopic (exact) mass is 373 g/mol. The molecule has 1 atom stereocenters. The summed E-state index contributed by atoms with van der Waals surface area (Å²) in [5.41, 5.74) is 2.80. The van der Waals surface area contributed by atoms with Crippen molar-refractivity contribution in [2.75, 3.05) is 6.26 Å². The molecule has 1 N–H and O–H groups in total. The fourth-order valence-electron chi connectivity index (χ4n) is 3.17. The van der Waals surface area contributed by atoms with E-state index in [0.29, 0.717) is 11.1 Å². The number of carbonyl (C=O) groups excluding carboxylic acids is 1. The van der Waals surface area contributed by atoms with Crippen molar-refractivity contribution in [2.45, 2.75) is 24.8 Å². The smallest absolute Gasteiger partial charge is 0.326 e. The lowest BCUT2D eigenvalue weighted by atomic mass is 9.93. The number of carboxylic acid groups (broad SMARTS) is 1. The van der Waals surface area contributed by atoms with Gasteiger partial charge in [-0.05, 0) is 28.8 Å². The molecule has 0 fully saturated rings. The first-order valence-corrected chi connectivity index (χ1v) is 10.2. The van der Waals surface area contributed by atoms with Gasteiger partial charge in [0.05, 0.1) is 5.75 Å². The number of amides is 1. The second-order valence-corrected chi connectivity index (χ2v) is 8.67. The SMILES string of the molecule is CS(=O)(=O)Cc1ccc(C(=O)N2Cc3ccccc3C[C@H]2C(=O)O)cc1. The average Bonchev–Trinajstić information content (AvgIpc) is 2.59. The second kappa shape index (κ2) is 6.92. The van der Waals surface area contributed by atoms with Gasteiger partial charge in [0.2, 0.25) is 0 Å². The van der Waals surface area contributed by atoms with Gasteiger partial charge < -0.3 is 10.0 Å². The molecule has 0 spiro atoms. The molecule has 7 heteroatoms. The Morgan fingerprint density at radius 1 is 1.08 bits per heavy atom. The summed E-state index contributed by atoms with van der Waals surface area (Å²) in [5.74, 6) is -1.52. The summed E-state index contributed by atoms with van der Waals surface area (Å²) in [7, 11) is -3.16. The Morgan fingerprint density at radius 2 is 1.69 bits per heavy atom. The molecule has 0 aliphatic carbocycles. The zero-order chi connectivity index (χ0) is 18.9. The van der Waals surface area contributed by atoms with Crippen LogP contribution >= 0.6 is 0 Å². The summed E-state index contributed by atoms with van der Waals surface area (Å²) in [6, 6.07) is 12.8. The number of benzene rings is 2. The molecule has 1 heterocycles. The zero-order valence-electron chi connectivity index (χ0n) is 14.3. The molecule has 0 saturated heterocycles. The predicted octanol–water partition coefficient (Wildman–Crippen LogP) is 1.88. The van der Waals surface area contributed by atoms with Crippen molar-refractivity contribution < 1.29 is 23.1 Å². The molecule has 6 nitrogen and oxygen atoms in total. The van der Waals surface area contributed by atoms with Gasteiger partial charge in [-0.2, -0.15) is 0 Å². The minimum absolute atomic E-state index is 0.101. The third-order valence-electron chi connectivity index (χ3n) is 4.42. The molecule has 0 radical (unpaired) electrons. The quantitative estimate of drug-likeness (QED) is 0.884. The minimum Gasteiger partial charge on any atom is -0.480 e. The standard InChI is InChI=1S/C19H19NO5S/c1-26(24,25)12-13-6-8-14(9-7-13)18(21)20-11-16-5-3-2-4-15(16)10-17(20)19(22)23/h2-9,17H,10-12H2,1H3,(H,22,23)/t17-/m0/s1. The van der Waals surface area contributed by atoms with Crippen molar-refractivity contribution in [1.82, 2.24) is 4.90 Å². The summed E-state index contributed by atoms with van der Waals surface area (Å²) in [6.07, 6.45) is 1.41. The van der Waals surface area contributed by atoms with E-state index in [1.165, 1.54) is 4.90 Å². The summed E-state index contributed by atoms with van der Waals surface area (Å²) in [5, 5.41) is 9.54. The van der Waals surface area contributed by atoms with Gasteiger partial charge in [0.1, 0.15) is 6.04 Å². The normalized spacial score (nSPS) is 16.8. The lowest BCUT2D eigenvalue weighted by Gasteiger charge is -2.34. The van der Waals surface area contributed by atoms with Gasteiger partial charge in [0.25, 0.3) is 5.91 Å². The lowest BCUT2D eigenvalue weighted by Crippen LogP contribution is -2.48. The molecule has 1 amide bonds. The van der Waals surface area contributed by atoms with Crippen LogP contribution in [-0.4, -0.2) is 42.6 Å². The van der Waals surface area contributed by atoms with E-state index in [1.54, 1.807) is 24.3 Å². The number of hydrogen-bond acceptors (Lipinski definition) is 4. The predicted molar refractivity (Wildman–Crippen MR) is 96.4 cm³/mol. The summed E-state index contributed by atoms with van der Waals surface area (Å²) < 4.78 is 22.7. The van der Waals surface area contributed by atoms with Crippen molar-refractivity contribution in [3.8, 4) is 0 Å². The van der Waals surface area contributed by atoms with E-state index in [4.69, 9.17) is 0 Å². The Bertz CT molecular complexity index is 950. The van der Waals surface area contributed by atoms with Gasteiger partial charge in [-0.15, -0.1) is 0 Å². The van der Waals surface area contributed by atoms with Crippen molar-refractivity contribution in [3.63, 3.8) is 0 Å². The van der Waals surface area contributed by atoms with Crippen LogP contribution in [0.25, 0.3) is 0 Å². The molecule has 26 heavy (non-hydrogen) atoms. The van der Waals surface area contributed by atoms with E-state index < -0.39 is 21.8 Å². The summed E-state index contributed by atoms with van der Waals surface area (Å²) in [4.78, 5) is 25.9. The molecule has 1 aliphatic heterocycles. The summed E-state index contributed by atoms with van der Waals surface area (Å²) >= 11 is 0. The van der Waals surface area contributed by atoms with E-state index in [2.05, 4.69) is 0 Å². The molecule has 0 unspecified atom stereocenters. The number of rotatable bonds is 4. The molecule has 2 aromatic carbocycles. The van der Waals surface area contributed by atoms with Crippen LogP contribution in [0.3, 0.4) is 0 Å². The highest BCUT2D eigenvalue weighted by atomic mass is 32.2. The lowest BCUT2D eigenvalue weighted by molar-refractivity contribution is -0.142. The van der Waals surface area contributed by atoms with Gasteiger partial charge >= 0.3 is 5.97 Å². The van der Waals surface area contributed by atoms with Crippen LogP contribution in [0.15, 0.2) is 48.5 Å². The highest BCUT2D eigenvalue weighted by molar-refractivity contribution is 7.89. The maximum absolute atomic E-state index is 12.9. The Balaban J connectivity index is 1.87. The van der Waals surface area contributed by atoms with Gasteiger partial charge in [0, 0.05) is 24.8 Å². The third kappa shape index (κ3) is 3.94. The van der Waals surface area contributed by atoms with Crippen LogP contribution in [0.2, 0.25) is 0 Å². The maximum atomic E-state index is 12.9. The van der Waals surface area contributed by atoms with Crippen molar-refractivity contribution in [3.05, 3.63) is 70.8 Å². The molecular formula is C19H19NO5S. The number of carbonyl (C=O) groups is 2. The Morgan fingerprint density at radius 3 is 2.27 bits per heavy atom.